The highest BCUT2D eigenvalue weighted by molar-refractivity contribution is 9.10. The van der Waals surface area contributed by atoms with Crippen LogP contribution in [0.1, 0.15) is 52.6 Å². The van der Waals surface area contributed by atoms with Crippen molar-refractivity contribution in [3.63, 3.8) is 0 Å². The van der Waals surface area contributed by atoms with Crippen molar-refractivity contribution in [2.24, 2.45) is 0 Å². The second kappa shape index (κ2) is 11.1. The summed E-state index contributed by atoms with van der Waals surface area (Å²) in [5.74, 6) is -6.83. The lowest BCUT2D eigenvalue weighted by atomic mass is 9.88. The predicted molar refractivity (Wildman–Crippen MR) is 140 cm³/mol. The minimum Gasteiger partial charge on any atom is -0.504 e. The minimum absolute atomic E-state index is 0.0322. The van der Waals surface area contributed by atoms with E-state index >= 15 is 0 Å². The molecule has 0 unspecified atom stereocenters. The Morgan fingerprint density at radius 1 is 0.632 bits per heavy atom. The number of ether oxygens (including phenoxy) is 2. The Morgan fingerprint density at radius 3 is 1.76 bits per heavy atom. The molecule has 0 aliphatic heterocycles. The average Bonchev–Trinajstić information content (AvgIpc) is 2.95. The molecule has 0 aromatic heterocycles. The molecule has 8 nitrogen and oxygen atoms in total. The van der Waals surface area contributed by atoms with Gasteiger partial charge >= 0.3 is 11.9 Å². The lowest BCUT2D eigenvalue weighted by molar-refractivity contribution is 0.0589. The van der Waals surface area contributed by atoms with Crippen LogP contribution in [0.2, 0.25) is 0 Å². The molecule has 0 radical (unpaired) electrons. The molecule has 0 saturated heterocycles. The van der Waals surface area contributed by atoms with Gasteiger partial charge in [-0.05, 0) is 24.3 Å². The number of hydrogen-bond donors (Lipinski definition) is 2. The largest absolute Gasteiger partial charge is 0.504 e. The standard InChI is InChI=1S/C29H19BrO8/c1-37-29(36)20-21(23(31)16-9-4-2-5-10-16)25(33)26(34)27(38-28(35)17-11-6-3-7-12-17)22(20)24(32)18-13-8-14-19(30)15-18/h2-15,33-34H,1H3. The molecule has 4 aromatic carbocycles. The lowest BCUT2D eigenvalue weighted by Gasteiger charge is -2.19. The van der Waals surface area contributed by atoms with Crippen LogP contribution in [0.4, 0.5) is 0 Å². The van der Waals surface area contributed by atoms with Gasteiger partial charge in [0, 0.05) is 15.6 Å². The summed E-state index contributed by atoms with van der Waals surface area (Å²) in [6.07, 6.45) is 0. The number of aromatic hydroxyl groups is 2. The number of rotatable bonds is 7. The molecule has 0 amide bonds. The Hall–Kier alpha value is -4.76. The topological polar surface area (TPSA) is 127 Å². The first kappa shape index (κ1) is 26.3. The fourth-order valence-corrected chi connectivity index (χ4v) is 4.18. The maximum Gasteiger partial charge on any atom is 0.343 e. The monoisotopic (exact) mass is 574 g/mol. The average molecular weight is 575 g/mol. The fourth-order valence-electron chi connectivity index (χ4n) is 3.78. The zero-order valence-corrected chi connectivity index (χ0v) is 21.4. The van der Waals surface area contributed by atoms with Crippen molar-refractivity contribution in [2.45, 2.75) is 0 Å². The van der Waals surface area contributed by atoms with Crippen molar-refractivity contribution in [1.82, 2.24) is 0 Å². The van der Waals surface area contributed by atoms with Crippen LogP contribution >= 0.6 is 15.9 Å². The van der Waals surface area contributed by atoms with Crippen molar-refractivity contribution in [3.8, 4) is 17.2 Å². The van der Waals surface area contributed by atoms with Gasteiger partial charge in [-0.2, -0.15) is 0 Å². The summed E-state index contributed by atoms with van der Waals surface area (Å²) in [5, 5.41) is 21.9. The van der Waals surface area contributed by atoms with Gasteiger partial charge in [0.2, 0.25) is 5.75 Å². The van der Waals surface area contributed by atoms with E-state index in [-0.39, 0.29) is 16.7 Å². The van der Waals surface area contributed by atoms with E-state index in [0.29, 0.717) is 4.47 Å². The van der Waals surface area contributed by atoms with E-state index in [1.807, 2.05) is 0 Å². The Balaban J connectivity index is 2.05. The molecule has 0 aliphatic rings. The fraction of sp³-hybridized carbons (Fsp3) is 0.0345. The summed E-state index contributed by atoms with van der Waals surface area (Å²) < 4.78 is 10.8. The molecule has 4 aromatic rings. The molecule has 190 valence electrons. The third-order valence-electron chi connectivity index (χ3n) is 5.57. The number of carbonyl (C=O) groups excluding carboxylic acids is 4. The van der Waals surface area contributed by atoms with E-state index in [2.05, 4.69) is 15.9 Å². The second-order valence-corrected chi connectivity index (χ2v) is 8.85. The quantitative estimate of drug-likeness (QED) is 0.131. The highest BCUT2D eigenvalue weighted by Crippen LogP contribution is 2.46. The van der Waals surface area contributed by atoms with Crippen LogP contribution in [-0.2, 0) is 4.74 Å². The van der Waals surface area contributed by atoms with Crippen LogP contribution in [0.15, 0.2) is 89.4 Å². The Morgan fingerprint density at radius 2 is 1.18 bits per heavy atom. The van der Waals surface area contributed by atoms with E-state index in [9.17, 15) is 29.4 Å². The first-order chi connectivity index (χ1) is 18.2. The molecule has 0 fully saturated rings. The van der Waals surface area contributed by atoms with E-state index in [4.69, 9.17) is 9.47 Å². The number of carbonyl (C=O) groups is 4. The van der Waals surface area contributed by atoms with Crippen molar-refractivity contribution in [3.05, 3.63) is 123 Å². The highest BCUT2D eigenvalue weighted by atomic mass is 79.9. The molecule has 2 N–H and O–H groups in total. The van der Waals surface area contributed by atoms with Crippen molar-refractivity contribution in [2.75, 3.05) is 7.11 Å². The van der Waals surface area contributed by atoms with Gasteiger partial charge in [-0.15, -0.1) is 0 Å². The Kier molecular flexibility index (Phi) is 7.68. The van der Waals surface area contributed by atoms with Crippen molar-refractivity contribution in [1.29, 1.82) is 0 Å². The van der Waals surface area contributed by atoms with Gasteiger partial charge in [0.05, 0.1) is 29.4 Å². The van der Waals surface area contributed by atoms with Gasteiger partial charge in [0.25, 0.3) is 0 Å². The number of phenols is 2. The molecule has 38 heavy (non-hydrogen) atoms. The van der Waals surface area contributed by atoms with Crippen LogP contribution in [0.25, 0.3) is 0 Å². The van der Waals surface area contributed by atoms with Gasteiger partial charge < -0.3 is 19.7 Å². The molecule has 0 atom stereocenters. The van der Waals surface area contributed by atoms with Crippen LogP contribution in [0, 0.1) is 0 Å². The number of benzene rings is 4. The summed E-state index contributed by atoms with van der Waals surface area (Å²) in [6, 6.07) is 21.4. The van der Waals surface area contributed by atoms with Gasteiger partial charge in [0.1, 0.15) is 0 Å². The molecule has 0 saturated carbocycles. The van der Waals surface area contributed by atoms with E-state index < -0.39 is 57.4 Å². The SMILES string of the molecule is COC(=O)c1c(C(=O)c2ccccc2)c(O)c(O)c(OC(=O)c2ccccc2)c1C(=O)c1cccc(Br)c1. The third-order valence-corrected chi connectivity index (χ3v) is 6.07. The number of hydrogen-bond acceptors (Lipinski definition) is 8. The van der Waals surface area contributed by atoms with Crippen LogP contribution in [0.3, 0.4) is 0 Å². The number of esters is 2. The summed E-state index contributed by atoms with van der Waals surface area (Å²) in [7, 11) is 1.02. The number of halogens is 1. The van der Waals surface area contributed by atoms with Crippen LogP contribution < -0.4 is 4.74 Å². The Bertz CT molecular complexity index is 1560. The highest BCUT2D eigenvalue weighted by Gasteiger charge is 2.37. The second-order valence-electron chi connectivity index (χ2n) is 7.93. The van der Waals surface area contributed by atoms with Crippen molar-refractivity contribution < 1.29 is 38.9 Å². The molecule has 9 heteroatoms. The number of phenolic OH excluding ortho intramolecular Hbond substituents is 2. The maximum atomic E-state index is 13.8. The summed E-state index contributed by atoms with van der Waals surface area (Å²) in [4.78, 5) is 53.3. The van der Waals surface area contributed by atoms with E-state index in [1.54, 1.807) is 48.5 Å². The smallest absolute Gasteiger partial charge is 0.343 e. The molecule has 0 heterocycles. The van der Waals surface area contributed by atoms with Gasteiger partial charge in [-0.1, -0.05) is 76.6 Å². The molecule has 4 rings (SSSR count). The van der Waals surface area contributed by atoms with Gasteiger partial charge in [0.15, 0.2) is 23.1 Å². The maximum absolute atomic E-state index is 13.8. The predicted octanol–water partition coefficient (Wildman–Crippen LogP) is 5.33. The first-order valence-corrected chi connectivity index (χ1v) is 11.9. The zero-order valence-electron chi connectivity index (χ0n) is 19.8. The Labute approximate surface area is 225 Å². The molecule has 0 spiro atoms. The first-order valence-electron chi connectivity index (χ1n) is 11.1. The molecule has 0 bridgehead atoms. The van der Waals surface area contributed by atoms with Crippen LogP contribution in [-0.4, -0.2) is 40.8 Å². The summed E-state index contributed by atoms with van der Waals surface area (Å²) in [6.45, 7) is 0. The minimum atomic E-state index is -1.17. The molecule has 0 aliphatic carbocycles. The molecular formula is C29H19BrO8. The third kappa shape index (κ3) is 5.05. The van der Waals surface area contributed by atoms with Crippen molar-refractivity contribution >= 4 is 39.4 Å². The normalized spacial score (nSPS) is 10.5. The van der Waals surface area contributed by atoms with Gasteiger partial charge in [-0.25, -0.2) is 9.59 Å². The van der Waals surface area contributed by atoms with E-state index in [0.717, 1.165) is 7.11 Å². The summed E-state index contributed by atoms with van der Waals surface area (Å²) in [5.41, 5.74) is -1.83. The number of methoxy groups -OCH3 is 1. The van der Waals surface area contributed by atoms with Gasteiger partial charge in [-0.3, -0.25) is 9.59 Å². The van der Waals surface area contributed by atoms with Crippen LogP contribution in [0.5, 0.6) is 17.2 Å². The lowest BCUT2D eigenvalue weighted by Crippen LogP contribution is -2.21. The molecular weight excluding hydrogens is 556 g/mol. The number of ketones is 2. The zero-order chi connectivity index (χ0) is 27.4. The van der Waals surface area contributed by atoms with E-state index in [1.165, 1.54) is 36.4 Å². The summed E-state index contributed by atoms with van der Waals surface area (Å²) >= 11 is 3.28.